The first kappa shape index (κ1) is 19.3. The summed E-state index contributed by atoms with van der Waals surface area (Å²) in [5.74, 6) is 0.879. The summed E-state index contributed by atoms with van der Waals surface area (Å²) in [5, 5.41) is 0. The highest BCUT2D eigenvalue weighted by atomic mass is 16.6. The second-order valence-electron chi connectivity index (χ2n) is 8.18. The largest absolute Gasteiger partial charge is 0.490 e. The maximum absolute atomic E-state index is 12.2. The monoisotopic (exact) mass is 367 g/mol. The lowest BCUT2D eigenvalue weighted by Gasteiger charge is -2.33. The molecular formula is C23H29NO3. The highest BCUT2D eigenvalue weighted by Crippen LogP contribution is 2.26. The van der Waals surface area contributed by atoms with Crippen LogP contribution in [0.25, 0.3) is 11.1 Å². The van der Waals surface area contributed by atoms with Gasteiger partial charge in [-0.25, -0.2) is 4.79 Å². The number of carbonyl (C=O) groups excluding carboxylic acids is 1. The van der Waals surface area contributed by atoms with E-state index in [-0.39, 0.29) is 12.2 Å². The fourth-order valence-corrected chi connectivity index (χ4v) is 3.17. The average molecular weight is 367 g/mol. The highest BCUT2D eigenvalue weighted by Gasteiger charge is 2.27. The van der Waals surface area contributed by atoms with Gasteiger partial charge in [-0.15, -0.1) is 0 Å². The van der Waals surface area contributed by atoms with E-state index in [9.17, 15) is 4.79 Å². The Kier molecular flexibility index (Phi) is 5.73. The van der Waals surface area contributed by atoms with Crippen molar-refractivity contribution in [1.82, 2.24) is 4.90 Å². The third-order valence-corrected chi connectivity index (χ3v) is 4.62. The second-order valence-corrected chi connectivity index (χ2v) is 8.18. The Labute approximate surface area is 162 Å². The molecule has 0 bridgehead atoms. The van der Waals surface area contributed by atoms with E-state index in [2.05, 4.69) is 43.3 Å². The molecule has 27 heavy (non-hydrogen) atoms. The maximum atomic E-state index is 12.2. The van der Waals surface area contributed by atoms with Gasteiger partial charge in [-0.05, 0) is 51.0 Å². The van der Waals surface area contributed by atoms with Crippen LogP contribution in [0, 0.1) is 6.92 Å². The summed E-state index contributed by atoms with van der Waals surface area (Å²) in [6.45, 7) is 9.09. The van der Waals surface area contributed by atoms with Crippen molar-refractivity contribution < 1.29 is 14.3 Å². The molecule has 0 radical (unpaired) electrons. The molecule has 3 rings (SSSR count). The summed E-state index contributed by atoms with van der Waals surface area (Å²) < 4.78 is 11.6. The van der Waals surface area contributed by atoms with Gasteiger partial charge in [-0.1, -0.05) is 42.0 Å². The molecule has 1 amide bonds. The van der Waals surface area contributed by atoms with Crippen molar-refractivity contribution in [2.24, 2.45) is 0 Å². The predicted octanol–water partition coefficient (Wildman–Crippen LogP) is 5.44. The van der Waals surface area contributed by atoms with Crippen molar-refractivity contribution in [3.05, 3.63) is 54.1 Å². The normalized spacial score (nSPS) is 15.5. The topological polar surface area (TPSA) is 38.8 Å². The van der Waals surface area contributed by atoms with Gasteiger partial charge in [0.25, 0.3) is 0 Å². The number of hydrogen-bond donors (Lipinski definition) is 0. The number of carbonyl (C=O) groups is 1. The van der Waals surface area contributed by atoms with Crippen molar-refractivity contribution in [2.45, 2.75) is 52.2 Å². The van der Waals surface area contributed by atoms with Gasteiger partial charge in [0.2, 0.25) is 0 Å². The van der Waals surface area contributed by atoms with Crippen LogP contribution in [0.3, 0.4) is 0 Å². The van der Waals surface area contributed by atoms with Crippen molar-refractivity contribution >= 4 is 6.09 Å². The van der Waals surface area contributed by atoms with Crippen LogP contribution in [0.5, 0.6) is 5.75 Å². The minimum absolute atomic E-state index is 0.122. The molecule has 1 fully saturated rings. The average Bonchev–Trinajstić information content (AvgIpc) is 2.62. The summed E-state index contributed by atoms with van der Waals surface area (Å²) in [6.07, 6.45) is 1.52. The minimum Gasteiger partial charge on any atom is -0.490 e. The van der Waals surface area contributed by atoms with E-state index >= 15 is 0 Å². The molecule has 0 N–H and O–H groups in total. The van der Waals surface area contributed by atoms with Crippen LogP contribution >= 0.6 is 0 Å². The van der Waals surface area contributed by atoms with E-state index in [1.54, 1.807) is 4.90 Å². The zero-order chi connectivity index (χ0) is 19.4. The summed E-state index contributed by atoms with van der Waals surface area (Å²) >= 11 is 0. The van der Waals surface area contributed by atoms with Crippen LogP contribution < -0.4 is 4.74 Å². The van der Waals surface area contributed by atoms with Crippen LogP contribution in [0.15, 0.2) is 48.5 Å². The van der Waals surface area contributed by atoms with E-state index in [1.807, 2.05) is 32.9 Å². The third-order valence-electron chi connectivity index (χ3n) is 4.62. The van der Waals surface area contributed by atoms with E-state index in [1.165, 1.54) is 11.1 Å². The summed E-state index contributed by atoms with van der Waals surface area (Å²) in [6, 6.07) is 16.7. The maximum Gasteiger partial charge on any atom is 0.410 e. The van der Waals surface area contributed by atoms with Crippen LogP contribution in [-0.2, 0) is 4.74 Å². The molecule has 2 aromatic carbocycles. The SMILES string of the molecule is Cc1ccc(-c2cccc(OC3CCN(C(=O)OC(C)(C)C)CC3)c2)cc1. The Balaban J connectivity index is 1.57. The molecule has 1 saturated heterocycles. The molecular weight excluding hydrogens is 338 g/mol. The Morgan fingerprint density at radius 2 is 1.67 bits per heavy atom. The van der Waals surface area contributed by atoms with Gasteiger partial charge in [0.15, 0.2) is 0 Å². The number of nitrogens with zero attached hydrogens (tertiary/aromatic N) is 1. The van der Waals surface area contributed by atoms with Gasteiger partial charge in [-0.2, -0.15) is 0 Å². The molecule has 4 heteroatoms. The van der Waals surface area contributed by atoms with E-state index in [4.69, 9.17) is 9.47 Å². The standard InChI is InChI=1S/C23H29NO3/c1-17-8-10-18(11-9-17)19-6-5-7-21(16-19)26-20-12-14-24(15-13-20)22(25)27-23(2,3)4/h5-11,16,20H,12-15H2,1-4H3. The molecule has 0 spiro atoms. The Morgan fingerprint density at radius 3 is 2.30 bits per heavy atom. The molecule has 1 heterocycles. The number of likely N-dealkylation sites (tertiary alicyclic amines) is 1. The highest BCUT2D eigenvalue weighted by molar-refractivity contribution is 5.68. The van der Waals surface area contributed by atoms with E-state index < -0.39 is 5.60 Å². The molecule has 1 aliphatic rings. The first-order valence-corrected chi connectivity index (χ1v) is 9.62. The number of hydrogen-bond acceptors (Lipinski definition) is 3. The molecule has 0 saturated carbocycles. The zero-order valence-corrected chi connectivity index (χ0v) is 16.7. The summed E-state index contributed by atoms with van der Waals surface area (Å²) in [5.41, 5.74) is 3.13. The summed E-state index contributed by atoms with van der Waals surface area (Å²) in [7, 11) is 0. The number of piperidine rings is 1. The first-order chi connectivity index (χ1) is 12.8. The molecule has 0 atom stereocenters. The van der Waals surface area contributed by atoms with Gasteiger partial charge in [0.05, 0.1) is 0 Å². The van der Waals surface area contributed by atoms with Crippen LogP contribution in [-0.4, -0.2) is 35.8 Å². The zero-order valence-electron chi connectivity index (χ0n) is 16.7. The van der Waals surface area contributed by atoms with E-state index in [0.717, 1.165) is 24.2 Å². The Hall–Kier alpha value is -2.49. The van der Waals surface area contributed by atoms with Crippen LogP contribution in [0.1, 0.15) is 39.2 Å². The van der Waals surface area contributed by atoms with E-state index in [0.29, 0.717) is 13.1 Å². The number of rotatable bonds is 3. The fourth-order valence-electron chi connectivity index (χ4n) is 3.17. The number of ether oxygens (including phenoxy) is 2. The van der Waals surface area contributed by atoms with Crippen molar-refractivity contribution in [1.29, 1.82) is 0 Å². The van der Waals surface area contributed by atoms with Crippen LogP contribution in [0.4, 0.5) is 4.79 Å². The molecule has 0 unspecified atom stereocenters. The molecule has 0 aliphatic carbocycles. The van der Waals surface area contributed by atoms with Gasteiger partial charge in [-0.3, -0.25) is 0 Å². The lowest BCUT2D eigenvalue weighted by atomic mass is 10.0. The lowest BCUT2D eigenvalue weighted by molar-refractivity contribution is 0.0126. The van der Waals surface area contributed by atoms with Crippen molar-refractivity contribution in [3.8, 4) is 16.9 Å². The molecule has 1 aliphatic heterocycles. The smallest absolute Gasteiger partial charge is 0.410 e. The second kappa shape index (κ2) is 8.03. The quantitative estimate of drug-likeness (QED) is 0.725. The third kappa shape index (κ3) is 5.49. The summed E-state index contributed by atoms with van der Waals surface area (Å²) in [4.78, 5) is 13.9. The molecule has 144 valence electrons. The van der Waals surface area contributed by atoms with Crippen molar-refractivity contribution in [2.75, 3.05) is 13.1 Å². The van der Waals surface area contributed by atoms with Gasteiger partial charge in [0.1, 0.15) is 17.5 Å². The fraction of sp³-hybridized carbons (Fsp3) is 0.435. The van der Waals surface area contributed by atoms with Gasteiger partial charge < -0.3 is 14.4 Å². The molecule has 4 nitrogen and oxygen atoms in total. The Bertz CT molecular complexity index is 769. The Morgan fingerprint density at radius 1 is 1.00 bits per heavy atom. The van der Waals surface area contributed by atoms with Crippen molar-refractivity contribution in [3.63, 3.8) is 0 Å². The van der Waals surface area contributed by atoms with Gasteiger partial charge in [0, 0.05) is 25.9 Å². The number of benzene rings is 2. The van der Waals surface area contributed by atoms with Crippen LogP contribution in [0.2, 0.25) is 0 Å². The molecule has 2 aromatic rings. The predicted molar refractivity (Wildman–Crippen MR) is 108 cm³/mol. The first-order valence-electron chi connectivity index (χ1n) is 9.62. The number of aryl methyl sites for hydroxylation is 1. The number of amides is 1. The minimum atomic E-state index is -0.457. The molecule has 0 aromatic heterocycles. The lowest BCUT2D eigenvalue weighted by Crippen LogP contribution is -2.44. The van der Waals surface area contributed by atoms with Gasteiger partial charge >= 0.3 is 6.09 Å².